The summed E-state index contributed by atoms with van der Waals surface area (Å²) in [5.41, 5.74) is 0. The maximum atomic E-state index is 12.3. The van der Waals surface area contributed by atoms with Crippen molar-refractivity contribution < 1.29 is 14.4 Å². The fourth-order valence-corrected chi connectivity index (χ4v) is 3.63. The topological polar surface area (TPSA) is 66.5 Å². The Morgan fingerprint density at radius 1 is 1.26 bits per heavy atom. The van der Waals surface area contributed by atoms with Crippen molar-refractivity contribution in [2.24, 2.45) is 23.7 Å². The standard InChI is InChI=1S/C14H18N2O3/c1-7(2)15-10(17)6-16-13(18)11-8-3-4-9(5-8)12(11)14(16)19/h3-4,7-9,11-12H,5-6H2,1-2H3,(H,15,17)/t8-,9-,11+,12+/m0/s1. The first kappa shape index (κ1) is 12.4. The number of imide groups is 1. The first-order chi connectivity index (χ1) is 8.99. The third-order valence-electron chi connectivity index (χ3n) is 4.31. The Hall–Kier alpha value is -1.65. The van der Waals surface area contributed by atoms with E-state index in [1.165, 1.54) is 0 Å². The largest absolute Gasteiger partial charge is 0.352 e. The van der Waals surface area contributed by atoms with E-state index >= 15 is 0 Å². The van der Waals surface area contributed by atoms with Gasteiger partial charge >= 0.3 is 0 Å². The number of rotatable bonds is 3. The maximum Gasteiger partial charge on any atom is 0.240 e. The number of likely N-dealkylation sites (tertiary alicyclic amines) is 1. The second kappa shape index (κ2) is 4.18. The van der Waals surface area contributed by atoms with Gasteiger partial charge in [-0.3, -0.25) is 19.3 Å². The van der Waals surface area contributed by atoms with Crippen LogP contribution in [0.2, 0.25) is 0 Å². The van der Waals surface area contributed by atoms with E-state index in [1.54, 1.807) is 0 Å². The zero-order valence-corrected chi connectivity index (χ0v) is 11.1. The maximum absolute atomic E-state index is 12.3. The van der Waals surface area contributed by atoms with Crippen molar-refractivity contribution in [2.75, 3.05) is 6.54 Å². The first-order valence-corrected chi connectivity index (χ1v) is 6.82. The van der Waals surface area contributed by atoms with Gasteiger partial charge < -0.3 is 5.32 Å². The van der Waals surface area contributed by atoms with E-state index in [-0.39, 0.29) is 54.0 Å². The predicted molar refractivity (Wildman–Crippen MR) is 67.7 cm³/mol. The molecule has 19 heavy (non-hydrogen) atoms. The number of allylic oxidation sites excluding steroid dienone is 2. The van der Waals surface area contributed by atoms with Gasteiger partial charge in [0.15, 0.2) is 0 Å². The molecule has 3 aliphatic rings. The van der Waals surface area contributed by atoms with Gasteiger partial charge in [0, 0.05) is 6.04 Å². The van der Waals surface area contributed by atoms with Crippen LogP contribution in [0.3, 0.4) is 0 Å². The van der Waals surface area contributed by atoms with E-state index in [4.69, 9.17) is 0 Å². The number of amides is 3. The molecule has 3 rings (SSSR count). The van der Waals surface area contributed by atoms with Crippen molar-refractivity contribution in [1.29, 1.82) is 0 Å². The van der Waals surface area contributed by atoms with Crippen LogP contribution in [0.15, 0.2) is 12.2 Å². The predicted octanol–water partition coefficient (Wildman–Crippen LogP) is 0.318. The quantitative estimate of drug-likeness (QED) is 0.588. The van der Waals surface area contributed by atoms with E-state index in [0.717, 1.165) is 11.3 Å². The SMILES string of the molecule is CC(C)NC(=O)CN1C(=O)[C@H]2[C@H](C1=O)[C@H]1C=C[C@H]2C1. The van der Waals surface area contributed by atoms with Gasteiger partial charge in [-0.05, 0) is 32.1 Å². The highest BCUT2D eigenvalue weighted by Crippen LogP contribution is 2.52. The molecule has 1 aliphatic heterocycles. The Bertz CT molecular complexity index is 453. The van der Waals surface area contributed by atoms with E-state index in [1.807, 2.05) is 13.8 Å². The van der Waals surface area contributed by atoms with Gasteiger partial charge in [0.05, 0.1) is 11.8 Å². The summed E-state index contributed by atoms with van der Waals surface area (Å²) in [4.78, 5) is 37.5. The molecular weight excluding hydrogens is 244 g/mol. The second-order valence-corrected chi connectivity index (χ2v) is 5.98. The van der Waals surface area contributed by atoms with Crippen molar-refractivity contribution in [2.45, 2.75) is 26.3 Å². The summed E-state index contributed by atoms with van der Waals surface area (Å²) in [6, 6.07) is 0.0117. The second-order valence-electron chi connectivity index (χ2n) is 5.98. The summed E-state index contributed by atoms with van der Waals surface area (Å²) in [6.07, 6.45) is 5.02. The summed E-state index contributed by atoms with van der Waals surface area (Å²) in [5.74, 6) is -0.619. The van der Waals surface area contributed by atoms with E-state index < -0.39 is 0 Å². The molecule has 0 unspecified atom stereocenters. The number of hydrogen-bond acceptors (Lipinski definition) is 3. The van der Waals surface area contributed by atoms with Crippen molar-refractivity contribution in [3.63, 3.8) is 0 Å². The molecule has 5 heteroatoms. The van der Waals surface area contributed by atoms with Gasteiger partial charge in [0.25, 0.3) is 0 Å². The van der Waals surface area contributed by atoms with Gasteiger partial charge in [0.2, 0.25) is 17.7 Å². The molecule has 5 nitrogen and oxygen atoms in total. The average Bonchev–Trinajstić information content (AvgIpc) is 2.97. The molecule has 1 N–H and O–H groups in total. The van der Waals surface area contributed by atoms with Crippen LogP contribution in [0.4, 0.5) is 0 Å². The lowest BCUT2D eigenvalue weighted by Crippen LogP contribution is -2.43. The number of fused-ring (bicyclic) bond motifs is 5. The minimum atomic E-state index is -0.267. The Labute approximate surface area is 112 Å². The molecule has 2 fully saturated rings. The molecular formula is C14H18N2O3. The molecule has 1 heterocycles. The summed E-state index contributed by atoms with van der Waals surface area (Å²) in [7, 11) is 0. The van der Waals surface area contributed by atoms with Gasteiger partial charge in [-0.25, -0.2) is 0 Å². The zero-order valence-electron chi connectivity index (χ0n) is 11.1. The summed E-state index contributed by atoms with van der Waals surface area (Å²) in [6.45, 7) is 3.57. The Morgan fingerprint density at radius 3 is 2.26 bits per heavy atom. The molecule has 1 saturated carbocycles. The van der Waals surface area contributed by atoms with Crippen LogP contribution >= 0.6 is 0 Å². The first-order valence-electron chi connectivity index (χ1n) is 6.82. The Morgan fingerprint density at radius 2 is 1.79 bits per heavy atom. The van der Waals surface area contributed by atoms with Crippen LogP contribution in [0.25, 0.3) is 0 Å². The number of carbonyl (C=O) groups is 3. The fourth-order valence-electron chi connectivity index (χ4n) is 3.63. The van der Waals surface area contributed by atoms with E-state index in [9.17, 15) is 14.4 Å². The average molecular weight is 262 g/mol. The van der Waals surface area contributed by atoms with Gasteiger partial charge in [-0.2, -0.15) is 0 Å². The van der Waals surface area contributed by atoms with Crippen molar-refractivity contribution in [3.8, 4) is 0 Å². The molecule has 0 radical (unpaired) electrons. The molecule has 4 atom stereocenters. The van der Waals surface area contributed by atoms with Gasteiger partial charge in [-0.1, -0.05) is 12.2 Å². The van der Waals surface area contributed by atoms with E-state index in [0.29, 0.717) is 0 Å². The number of nitrogens with one attached hydrogen (secondary N) is 1. The van der Waals surface area contributed by atoms with Crippen LogP contribution in [-0.2, 0) is 14.4 Å². The van der Waals surface area contributed by atoms with Gasteiger partial charge in [-0.15, -0.1) is 0 Å². The summed E-state index contributed by atoms with van der Waals surface area (Å²) >= 11 is 0. The molecule has 2 bridgehead atoms. The van der Waals surface area contributed by atoms with Crippen LogP contribution in [-0.4, -0.2) is 35.2 Å². The number of nitrogens with zero attached hydrogens (tertiary/aromatic N) is 1. The highest BCUT2D eigenvalue weighted by Gasteiger charge is 2.59. The highest BCUT2D eigenvalue weighted by atomic mass is 16.2. The van der Waals surface area contributed by atoms with Gasteiger partial charge in [0.1, 0.15) is 6.54 Å². The number of carbonyl (C=O) groups excluding carboxylic acids is 3. The molecule has 1 saturated heterocycles. The Kier molecular flexibility index (Phi) is 2.73. The Balaban J connectivity index is 1.74. The zero-order chi connectivity index (χ0) is 13.7. The van der Waals surface area contributed by atoms with Crippen molar-refractivity contribution in [1.82, 2.24) is 10.2 Å². The van der Waals surface area contributed by atoms with Crippen LogP contribution in [0, 0.1) is 23.7 Å². The lowest BCUT2D eigenvalue weighted by Gasteiger charge is -2.17. The monoisotopic (exact) mass is 262 g/mol. The van der Waals surface area contributed by atoms with Crippen molar-refractivity contribution >= 4 is 17.7 Å². The lowest BCUT2D eigenvalue weighted by molar-refractivity contribution is -0.144. The van der Waals surface area contributed by atoms with Crippen LogP contribution in [0.1, 0.15) is 20.3 Å². The molecule has 0 aromatic heterocycles. The smallest absolute Gasteiger partial charge is 0.240 e. The van der Waals surface area contributed by atoms with Crippen LogP contribution in [0.5, 0.6) is 0 Å². The molecule has 102 valence electrons. The summed E-state index contributed by atoms with van der Waals surface area (Å²) < 4.78 is 0. The van der Waals surface area contributed by atoms with E-state index in [2.05, 4.69) is 17.5 Å². The minimum absolute atomic E-state index is 0.0117. The number of hydrogen-bond donors (Lipinski definition) is 1. The van der Waals surface area contributed by atoms with Crippen molar-refractivity contribution in [3.05, 3.63) is 12.2 Å². The molecule has 3 amide bonds. The molecule has 0 aromatic rings. The summed E-state index contributed by atoms with van der Waals surface area (Å²) in [5, 5.41) is 2.71. The fraction of sp³-hybridized carbons (Fsp3) is 0.643. The molecule has 0 aromatic carbocycles. The molecule has 2 aliphatic carbocycles. The highest BCUT2D eigenvalue weighted by molar-refractivity contribution is 6.08. The lowest BCUT2D eigenvalue weighted by atomic mass is 9.85. The van der Waals surface area contributed by atoms with Crippen LogP contribution < -0.4 is 5.32 Å². The third-order valence-corrected chi connectivity index (χ3v) is 4.31. The minimum Gasteiger partial charge on any atom is -0.352 e. The molecule has 0 spiro atoms. The normalized spacial score (nSPS) is 35.4. The third kappa shape index (κ3) is 1.79.